The fraction of sp³-hybridized carbons (Fsp3) is 0.308. The predicted molar refractivity (Wildman–Crippen MR) is 72.4 cm³/mol. The van der Waals surface area contributed by atoms with Crippen LogP contribution in [0.25, 0.3) is 6.08 Å². The third-order valence-electron chi connectivity index (χ3n) is 2.91. The van der Waals surface area contributed by atoms with Crippen molar-refractivity contribution in [1.29, 1.82) is 0 Å². The number of aliphatic carboxylic acids is 1. The van der Waals surface area contributed by atoms with Gasteiger partial charge in [-0.3, -0.25) is 0 Å². The minimum atomic E-state index is -0.919. The van der Waals surface area contributed by atoms with E-state index in [1.54, 1.807) is 6.08 Å². The van der Waals surface area contributed by atoms with Gasteiger partial charge in [-0.15, -0.1) is 0 Å². The summed E-state index contributed by atoms with van der Waals surface area (Å²) in [4.78, 5) is 12.8. The first-order chi connectivity index (χ1) is 8.08. The molecule has 0 fully saturated rings. The van der Waals surface area contributed by atoms with Gasteiger partial charge in [-0.25, -0.2) is 4.79 Å². The minimum Gasteiger partial charge on any atom is -0.478 e. The van der Waals surface area contributed by atoms with Crippen molar-refractivity contribution < 1.29 is 9.90 Å². The number of halogens is 1. The third kappa shape index (κ3) is 2.69. The quantitative estimate of drug-likeness (QED) is 0.853. The van der Waals surface area contributed by atoms with Crippen molar-refractivity contribution in [2.45, 2.75) is 12.8 Å². The lowest BCUT2D eigenvalue weighted by molar-refractivity contribution is -0.131. The van der Waals surface area contributed by atoms with Gasteiger partial charge in [0.25, 0.3) is 0 Å². The molecule has 0 aliphatic carbocycles. The smallest absolute Gasteiger partial charge is 0.328 e. The number of hydrogen-bond acceptors (Lipinski definition) is 2. The molecule has 1 aliphatic heterocycles. The van der Waals surface area contributed by atoms with Crippen LogP contribution in [0.15, 0.2) is 22.7 Å². The molecule has 1 N–H and O–H groups in total. The summed E-state index contributed by atoms with van der Waals surface area (Å²) < 4.78 is 0.997. The Labute approximate surface area is 109 Å². The topological polar surface area (TPSA) is 40.5 Å². The highest BCUT2D eigenvalue weighted by atomic mass is 79.9. The van der Waals surface area contributed by atoms with Gasteiger partial charge in [0.15, 0.2) is 0 Å². The minimum absolute atomic E-state index is 0.919. The van der Waals surface area contributed by atoms with Crippen LogP contribution in [-0.2, 0) is 11.2 Å². The van der Waals surface area contributed by atoms with E-state index in [4.69, 9.17) is 5.11 Å². The van der Waals surface area contributed by atoms with Gasteiger partial charge in [0, 0.05) is 29.8 Å². The Hall–Kier alpha value is -1.29. The van der Waals surface area contributed by atoms with Crippen molar-refractivity contribution >= 4 is 33.7 Å². The zero-order valence-corrected chi connectivity index (χ0v) is 11.2. The van der Waals surface area contributed by atoms with Crippen LogP contribution in [0, 0.1) is 0 Å². The van der Waals surface area contributed by atoms with E-state index in [0.29, 0.717) is 0 Å². The molecular weight excluding hydrogens is 282 g/mol. The Morgan fingerprint density at radius 3 is 3.00 bits per heavy atom. The first-order valence-corrected chi connectivity index (χ1v) is 6.32. The van der Waals surface area contributed by atoms with Crippen LogP contribution in [-0.4, -0.2) is 24.7 Å². The Morgan fingerprint density at radius 1 is 1.53 bits per heavy atom. The van der Waals surface area contributed by atoms with Crippen LogP contribution in [0.4, 0.5) is 5.69 Å². The number of rotatable bonds is 2. The van der Waals surface area contributed by atoms with Gasteiger partial charge in [0.05, 0.1) is 0 Å². The fourth-order valence-corrected chi connectivity index (χ4v) is 2.76. The molecule has 17 heavy (non-hydrogen) atoms. The molecule has 1 aromatic carbocycles. The van der Waals surface area contributed by atoms with Gasteiger partial charge in [-0.2, -0.15) is 0 Å². The zero-order valence-electron chi connectivity index (χ0n) is 9.61. The Morgan fingerprint density at radius 2 is 2.29 bits per heavy atom. The average Bonchev–Trinajstić information content (AvgIpc) is 2.25. The second-order valence-electron chi connectivity index (χ2n) is 4.20. The fourth-order valence-electron chi connectivity index (χ4n) is 2.24. The van der Waals surface area contributed by atoms with Crippen molar-refractivity contribution in [3.63, 3.8) is 0 Å². The number of carboxylic acids is 1. The number of nitrogens with zero attached hydrogens (tertiary/aromatic N) is 1. The van der Waals surface area contributed by atoms with E-state index < -0.39 is 5.97 Å². The second-order valence-corrected chi connectivity index (χ2v) is 5.12. The monoisotopic (exact) mass is 295 g/mol. The number of hydrogen-bond donors (Lipinski definition) is 1. The van der Waals surface area contributed by atoms with E-state index in [-0.39, 0.29) is 0 Å². The Balaban J connectivity index is 2.50. The number of fused-ring (bicyclic) bond motifs is 1. The number of carbonyl (C=O) groups is 1. The van der Waals surface area contributed by atoms with Gasteiger partial charge in [0.1, 0.15) is 0 Å². The van der Waals surface area contributed by atoms with Crippen molar-refractivity contribution in [2.24, 2.45) is 0 Å². The molecule has 3 nitrogen and oxygen atoms in total. The molecule has 90 valence electrons. The van der Waals surface area contributed by atoms with Crippen LogP contribution in [0.2, 0.25) is 0 Å². The normalized spacial score (nSPS) is 15.1. The molecule has 2 rings (SSSR count). The Bertz CT molecular complexity index is 483. The number of benzene rings is 1. The molecule has 0 radical (unpaired) electrons. The lowest BCUT2D eigenvalue weighted by Crippen LogP contribution is -2.25. The molecular formula is C13H14BrNO2. The van der Waals surface area contributed by atoms with Crippen LogP contribution in [0.1, 0.15) is 17.5 Å². The van der Waals surface area contributed by atoms with Crippen molar-refractivity contribution in [1.82, 2.24) is 0 Å². The molecule has 0 saturated carbocycles. The summed E-state index contributed by atoms with van der Waals surface area (Å²) in [5.74, 6) is -0.919. The average molecular weight is 296 g/mol. The van der Waals surface area contributed by atoms with Crippen LogP contribution < -0.4 is 4.90 Å². The summed E-state index contributed by atoms with van der Waals surface area (Å²) in [7, 11) is 2.05. The summed E-state index contributed by atoms with van der Waals surface area (Å²) in [6, 6.07) is 4.07. The molecule has 0 spiro atoms. The SMILES string of the molecule is CN1CCCc2cc(Br)cc(/C=C/C(=O)O)c21. The predicted octanol–water partition coefficient (Wildman–Crippen LogP) is 2.93. The molecule has 0 atom stereocenters. The number of anilines is 1. The maximum atomic E-state index is 10.6. The first-order valence-electron chi connectivity index (χ1n) is 5.52. The van der Waals surface area contributed by atoms with Gasteiger partial charge >= 0.3 is 5.97 Å². The highest BCUT2D eigenvalue weighted by molar-refractivity contribution is 9.10. The largest absolute Gasteiger partial charge is 0.478 e. The standard InChI is InChI=1S/C13H14BrNO2/c1-15-6-2-3-9-7-11(14)8-10(13(9)15)4-5-12(16)17/h4-5,7-8H,2-3,6H2,1H3,(H,16,17)/b5-4+. The molecule has 1 heterocycles. The third-order valence-corrected chi connectivity index (χ3v) is 3.37. The van der Waals surface area contributed by atoms with E-state index in [1.165, 1.54) is 11.6 Å². The van der Waals surface area contributed by atoms with Gasteiger partial charge < -0.3 is 10.0 Å². The maximum Gasteiger partial charge on any atom is 0.328 e. The lowest BCUT2D eigenvalue weighted by atomic mass is 9.98. The van der Waals surface area contributed by atoms with Gasteiger partial charge in [0.2, 0.25) is 0 Å². The molecule has 0 aromatic heterocycles. The molecule has 0 unspecified atom stereocenters. The summed E-state index contributed by atoms with van der Waals surface area (Å²) in [5, 5.41) is 8.70. The summed E-state index contributed by atoms with van der Waals surface area (Å²) in [6.45, 7) is 1.02. The van der Waals surface area contributed by atoms with E-state index in [0.717, 1.165) is 35.1 Å². The van der Waals surface area contributed by atoms with Gasteiger partial charge in [-0.05, 0) is 42.2 Å². The summed E-state index contributed by atoms with van der Waals surface area (Å²) in [5.41, 5.74) is 3.38. The van der Waals surface area contributed by atoms with Crippen LogP contribution in [0.3, 0.4) is 0 Å². The molecule has 1 aromatic rings. The molecule has 4 heteroatoms. The van der Waals surface area contributed by atoms with E-state index in [9.17, 15) is 4.79 Å². The second kappa shape index (κ2) is 4.92. The van der Waals surface area contributed by atoms with Crippen LogP contribution in [0.5, 0.6) is 0 Å². The highest BCUT2D eigenvalue weighted by Gasteiger charge is 2.17. The summed E-state index contributed by atoms with van der Waals surface area (Å²) in [6.07, 6.45) is 5.04. The van der Waals surface area contributed by atoms with E-state index in [2.05, 4.69) is 26.9 Å². The molecule has 0 amide bonds. The highest BCUT2D eigenvalue weighted by Crippen LogP contribution is 2.33. The lowest BCUT2D eigenvalue weighted by Gasteiger charge is -2.29. The van der Waals surface area contributed by atoms with E-state index >= 15 is 0 Å². The van der Waals surface area contributed by atoms with Crippen molar-refractivity contribution in [3.8, 4) is 0 Å². The van der Waals surface area contributed by atoms with Crippen molar-refractivity contribution in [3.05, 3.63) is 33.8 Å². The Kier molecular flexibility index (Phi) is 3.52. The zero-order chi connectivity index (χ0) is 12.4. The van der Waals surface area contributed by atoms with Gasteiger partial charge in [-0.1, -0.05) is 15.9 Å². The molecule has 0 saturated heterocycles. The maximum absolute atomic E-state index is 10.6. The summed E-state index contributed by atoms with van der Waals surface area (Å²) >= 11 is 3.47. The molecule has 1 aliphatic rings. The molecule has 0 bridgehead atoms. The van der Waals surface area contributed by atoms with Crippen LogP contribution >= 0.6 is 15.9 Å². The van der Waals surface area contributed by atoms with Crippen molar-refractivity contribution in [2.75, 3.05) is 18.5 Å². The van der Waals surface area contributed by atoms with E-state index in [1.807, 2.05) is 13.1 Å². The first kappa shape index (κ1) is 12.2. The number of aryl methyl sites for hydroxylation is 1. The number of carboxylic acid groups (broad SMARTS) is 1.